The summed E-state index contributed by atoms with van der Waals surface area (Å²) in [6.45, 7) is 7.04. The van der Waals surface area contributed by atoms with Crippen LogP contribution in [0.4, 0.5) is 0 Å². The van der Waals surface area contributed by atoms with Gasteiger partial charge in [0.05, 0.1) is 25.4 Å². The quantitative estimate of drug-likeness (QED) is 0.438. The molecule has 1 N–H and O–H groups in total. The number of fused-ring (bicyclic) bond motifs is 2. The number of pyridine rings is 1. The summed E-state index contributed by atoms with van der Waals surface area (Å²) in [6.07, 6.45) is 8.08. The van der Waals surface area contributed by atoms with Crippen molar-refractivity contribution in [2.75, 3.05) is 26.7 Å². The molecule has 0 amide bonds. The molecule has 3 aromatic heterocycles. The molecule has 0 unspecified atom stereocenters. The predicted octanol–water partition coefficient (Wildman–Crippen LogP) is 5.32. The van der Waals surface area contributed by atoms with Gasteiger partial charge in [-0.3, -0.25) is 4.90 Å². The molecule has 0 saturated carbocycles. The minimum Gasteiger partial charge on any atom is -0.493 e. The van der Waals surface area contributed by atoms with Gasteiger partial charge in [-0.15, -0.1) is 0 Å². The van der Waals surface area contributed by atoms with Gasteiger partial charge >= 0.3 is 0 Å². The number of imidazole rings is 1. The fourth-order valence-electron chi connectivity index (χ4n) is 5.12. The van der Waals surface area contributed by atoms with E-state index in [1.807, 2.05) is 10.6 Å². The second-order valence-electron chi connectivity index (χ2n) is 9.04. The summed E-state index contributed by atoms with van der Waals surface area (Å²) in [4.78, 5) is 10.4. The number of methoxy groups -OCH3 is 1. The molecule has 4 heterocycles. The van der Waals surface area contributed by atoms with Crippen LogP contribution >= 0.6 is 0 Å². The lowest BCUT2D eigenvalue weighted by Crippen LogP contribution is -2.33. The highest BCUT2D eigenvalue weighted by Crippen LogP contribution is 2.39. The Morgan fingerprint density at radius 1 is 1.25 bits per heavy atom. The van der Waals surface area contributed by atoms with E-state index in [1.54, 1.807) is 13.3 Å². The molecule has 0 bridgehead atoms. The number of likely N-dealkylation sites (tertiary alicyclic amines) is 1. The van der Waals surface area contributed by atoms with E-state index in [-0.39, 0.29) is 0 Å². The second kappa shape index (κ2) is 8.33. The highest BCUT2D eigenvalue weighted by Gasteiger charge is 2.23. The number of nitrogens with one attached hydrogen (secondary N) is 1. The molecular formula is C26H29N5O. The molecule has 1 aromatic carbocycles. The largest absolute Gasteiger partial charge is 0.493 e. The first-order valence-corrected chi connectivity index (χ1v) is 11.3. The summed E-state index contributed by atoms with van der Waals surface area (Å²) in [6, 6.07) is 11.3. The standard InChI is InChI=1S/C26H29N5O/c1-17(2)24-21-14-19(18-6-10-30(11-7-18)12-8-27)4-5-22(21)29-25(24)20-15-23(32-3)26-28-9-13-31(26)16-20/h4-5,9,13-18,29H,6-7,10-12H2,1-3H3. The van der Waals surface area contributed by atoms with Gasteiger partial charge in [0.25, 0.3) is 0 Å². The van der Waals surface area contributed by atoms with Crippen LogP contribution in [-0.4, -0.2) is 46.0 Å². The van der Waals surface area contributed by atoms with E-state index in [2.05, 4.69) is 65.2 Å². The van der Waals surface area contributed by atoms with Crippen LogP contribution < -0.4 is 4.74 Å². The molecule has 164 valence electrons. The van der Waals surface area contributed by atoms with Gasteiger partial charge in [-0.2, -0.15) is 5.26 Å². The van der Waals surface area contributed by atoms with Crippen molar-refractivity contribution in [3.63, 3.8) is 0 Å². The van der Waals surface area contributed by atoms with E-state index < -0.39 is 0 Å². The Hall–Kier alpha value is -3.30. The summed E-state index contributed by atoms with van der Waals surface area (Å²) in [5.74, 6) is 1.69. The van der Waals surface area contributed by atoms with Crippen LogP contribution in [0.5, 0.6) is 5.75 Å². The van der Waals surface area contributed by atoms with Gasteiger partial charge in [0.1, 0.15) is 0 Å². The molecule has 1 saturated heterocycles. The molecule has 1 fully saturated rings. The van der Waals surface area contributed by atoms with Gasteiger partial charge in [-0.05, 0) is 67.1 Å². The molecule has 4 aromatic rings. The molecule has 1 aliphatic rings. The number of hydrogen-bond donors (Lipinski definition) is 1. The van der Waals surface area contributed by atoms with Crippen LogP contribution in [0, 0.1) is 11.3 Å². The molecule has 0 radical (unpaired) electrons. The van der Waals surface area contributed by atoms with Crippen molar-refractivity contribution in [2.24, 2.45) is 0 Å². The highest BCUT2D eigenvalue weighted by atomic mass is 16.5. The van der Waals surface area contributed by atoms with E-state index >= 15 is 0 Å². The first kappa shape index (κ1) is 20.6. The first-order valence-electron chi connectivity index (χ1n) is 11.3. The van der Waals surface area contributed by atoms with E-state index in [4.69, 9.17) is 10.00 Å². The summed E-state index contributed by atoms with van der Waals surface area (Å²) < 4.78 is 7.64. The summed E-state index contributed by atoms with van der Waals surface area (Å²) in [5, 5.41) is 10.3. The third-order valence-corrected chi connectivity index (χ3v) is 6.76. The van der Waals surface area contributed by atoms with Crippen molar-refractivity contribution >= 4 is 16.6 Å². The fraction of sp³-hybridized carbons (Fsp3) is 0.385. The average molecular weight is 428 g/mol. The van der Waals surface area contributed by atoms with E-state index in [0.29, 0.717) is 18.4 Å². The number of aromatic nitrogens is 3. The Morgan fingerprint density at radius 3 is 2.78 bits per heavy atom. The maximum Gasteiger partial charge on any atom is 0.179 e. The Morgan fingerprint density at radius 2 is 2.06 bits per heavy atom. The number of piperidine rings is 1. The van der Waals surface area contributed by atoms with E-state index in [9.17, 15) is 0 Å². The van der Waals surface area contributed by atoms with E-state index in [0.717, 1.165) is 48.6 Å². The SMILES string of the molecule is COc1cc(-c2[nH]c3ccc(C4CCN(CC#N)CC4)cc3c2C(C)C)cn2ccnc12. The number of nitriles is 1. The van der Waals surface area contributed by atoms with Gasteiger partial charge in [-0.25, -0.2) is 4.98 Å². The maximum absolute atomic E-state index is 8.97. The van der Waals surface area contributed by atoms with Gasteiger partial charge < -0.3 is 14.1 Å². The monoisotopic (exact) mass is 427 g/mol. The van der Waals surface area contributed by atoms with Crippen molar-refractivity contribution < 1.29 is 4.74 Å². The van der Waals surface area contributed by atoms with Gasteiger partial charge in [-0.1, -0.05) is 19.9 Å². The van der Waals surface area contributed by atoms with Crippen LogP contribution in [0.25, 0.3) is 27.8 Å². The van der Waals surface area contributed by atoms with Crippen LogP contribution in [0.1, 0.15) is 49.7 Å². The third-order valence-electron chi connectivity index (χ3n) is 6.76. The molecule has 1 aliphatic heterocycles. The van der Waals surface area contributed by atoms with Crippen LogP contribution in [-0.2, 0) is 0 Å². The van der Waals surface area contributed by atoms with Gasteiger partial charge in [0.2, 0.25) is 0 Å². The van der Waals surface area contributed by atoms with E-state index in [1.165, 1.54) is 22.0 Å². The zero-order valence-electron chi connectivity index (χ0n) is 18.9. The van der Waals surface area contributed by atoms with Gasteiger partial charge in [0, 0.05) is 35.1 Å². The average Bonchev–Trinajstić information content (AvgIpc) is 3.43. The molecule has 6 heteroatoms. The minimum atomic E-state index is 0.371. The molecular weight excluding hydrogens is 398 g/mol. The summed E-state index contributed by atoms with van der Waals surface area (Å²) in [5.41, 5.74) is 6.97. The number of aromatic amines is 1. The van der Waals surface area contributed by atoms with Crippen molar-refractivity contribution in [3.8, 4) is 23.1 Å². The molecule has 32 heavy (non-hydrogen) atoms. The van der Waals surface area contributed by atoms with Crippen LogP contribution in [0.3, 0.4) is 0 Å². The lowest BCUT2D eigenvalue weighted by atomic mass is 9.87. The summed E-state index contributed by atoms with van der Waals surface area (Å²) in [7, 11) is 1.69. The second-order valence-corrected chi connectivity index (χ2v) is 9.04. The van der Waals surface area contributed by atoms with Crippen LogP contribution in [0.2, 0.25) is 0 Å². The van der Waals surface area contributed by atoms with Crippen molar-refractivity contribution in [3.05, 3.63) is 54.0 Å². The molecule has 6 nitrogen and oxygen atoms in total. The molecule has 0 atom stereocenters. The highest BCUT2D eigenvalue weighted by molar-refractivity contribution is 5.92. The van der Waals surface area contributed by atoms with Crippen molar-refractivity contribution in [1.82, 2.24) is 19.3 Å². The number of ether oxygens (including phenoxy) is 1. The predicted molar refractivity (Wildman–Crippen MR) is 127 cm³/mol. The number of nitrogens with zero attached hydrogens (tertiary/aromatic N) is 4. The fourth-order valence-corrected chi connectivity index (χ4v) is 5.12. The molecule has 0 aliphatic carbocycles. The zero-order chi connectivity index (χ0) is 22.2. The zero-order valence-corrected chi connectivity index (χ0v) is 18.9. The topological polar surface area (TPSA) is 69.3 Å². The van der Waals surface area contributed by atoms with Crippen molar-refractivity contribution in [2.45, 2.75) is 38.5 Å². The lowest BCUT2D eigenvalue weighted by molar-refractivity contribution is 0.235. The normalized spacial score (nSPS) is 15.6. The van der Waals surface area contributed by atoms with Gasteiger partial charge in [0.15, 0.2) is 11.4 Å². The first-order chi connectivity index (χ1) is 15.6. The minimum absolute atomic E-state index is 0.371. The number of rotatable bonds is 5. The van der Waals surface area contributed by atoms with Crippen molar-refractivity contribution in [1.29, 1.82) is 5.26 Å². The Bertz CT molecular complexity index is 1300. The molecule has 5 rings (SSSR count). The van der Waals surface area contributed by atoms with Crippen LogP contribution in [0.15, 0.2) is 42.9 Å². The number of benzene rings is 1. The maximum atomic E-state index is 8.97. The third kappa shape index (κ3) is 3.53. The smallest absolute Gasteiger partial charge is 0.179 e. The Kier molecular flexibility index (Phi) is 5.36. The number of H-pyrrole nitrogens is 1. The Labute approximate surface area is 188 Å². The molecule has 0 spiro atoms. The Balaban J connectivity index is 1.57. The lowest BCUT2D eigenvalue weighted by Gasteiger charge is -2.30. The summed E-state index contributed by atoms with van der Waals surface area (Å²) >= 11 is 0. The number of hydrogen-bond acceptors (Lipinski definition) is 4.